The molecule has 0 amide bonds. The summed E-state index contributed by atoms with van der Waals surface area (Å²) in [4.78, 5) is 2.44. The van der Waals surface area contributed by atoms with Crippen LogP contribution in [0, 0.1) is 0 Å². The molecule has 1 heterocycles. The van der Waals surface area contributed by atoms with Gasteiger partial charge in [-0.25, -0.2) is 0 Å². The van der Waals surface area contributed by atoms with Crippen LogP contribution in [-0.4, -0.2) is 29.7 Å². The van der Waals surface area contributed by atoms with Gasteiger partial charge in [0.2, 0.25) is 0 Å². The van der Waals surface area contributed by atoms with Gasteiger partial charge in [-0.15, -0.1) is 0 Å². The van der Waals surface area contributed by atoms with E-state index in [0.29, 0.717) is 6.10 Å². The lowest BCUT2D eigenvalue weighted by Crippen LogP contribution is -2.51. The first-order chi connectivity index (χ1) is 7.94. The minimum Gasteiger partial charge on any atom is -0.399 e. The first kappa shape index (κ1) is 12.4. The molecule has 2 N–H and O–H groups in total. The van der Waals surface area contributed by atoms with Gasteiger partial charge in [-0.05, 0) is 38.5 Å². The van der Waals surface area contributed by atoms with E-state index in [9.17, 15) is 0 Å². The van der Waals surface area contributed by atoms with E-state index in [1.54, 1.807) is 0 Å². The second kappa shape index (κ2) is 4.67. The van der Waals surface area contributed by atoms with Crippen LogP contribution < -0.4 is 5.73 Å². The van der Waals surface area contributed by atoms with Gasteiger partial charge < -0.3 is 10.5 Å². The van der Waals surface area contributed by atoms with E-state index in [1.807, 2.05) is 12.1 Å². The van der Waals surface area contributed by atoms with E-state index in [0.717, 1.165) is 25.3 Å². The van der Waals surface area contributed by atoms with Gasteiger partial charge in [-0.3, -0.25) is 4.90 Å². The van der Waals surface area contributed by atoms with E-state index in [2.05, 4.69) is 37.8 Å². The zero-order valence-electron chi connectivity index (χ0n) is 10.9. The summed E-state index contributed by atoms with van der Waals surface area (Å²) >= 11 is 0. The van der Waals surface area contributed by atoms with Gasteiger partial charge in [0.05, 0.1) is 11.7 Å². The van der Waals surface area contributed by atoms with Crippen molar-refractivity contribution >= 4 is 5.69 Å². The minimum atomic E-state index is -0.0501. The van der Waals surface area contributed by atoms with Crippen LogP contribution in [0.2, 0.25) is 0 Å². The Hall–Kier alpha value is -1.06. The van der Waals surface area contributed by atoms with Crippen molar-refractivity contribution in [2.24, 2.45) is 0 Å². The molecule has 1 aromatic rings. The van der Waals surface area contributed by atoms with Crippen molar-refractivity contribution in [1.82, 2.24) is 4.90 Å². The summed E-state index contributed by atoms with van der Waals surface area (Å²) in [7, 11) is 0. The Labute approximate surface area is 104 Å². The molecule has 3 heteroatoms. The molecule has 94 valence electrons. The number of benzene rings is 1. The smallest absolute Gasteiger partial charge is 0.0757 e. The van der Waals surface area contributed by atoms with Gasteiger partial charge in [0.1, 0.15) is 0 Å². The Kier molecular flexibility index (Phi) is 3.40. The predicted octanol–water partition coefficient (Wildman–Crippen LogP) is 2.27. The highest BCUT2D eigenvalue weighted by molar-refractivity contribution is 5.39. The molecular formula is C14H22N2O. The van der Waals surface area contributed by atoms with Crippen molar-refractivity contribution in [2.45, 2.75) is 39.0 Å². The predicted molar refractivity (Wildman–Crippen MR) is 70.8 cm³/mol. The zero-order chi connectivity index (χ0) is 12.5. The third-order valence-corrected chi connectivity index (χ3v) is 3.03. The molecule has 0 saturated carbocycles. The van der Waals surface area contributed by atoms with Crippen molar-refractivity contribution < 1.29 is 4.74 Å². The Bertz CT molecular complexity index is 372. The molecule has 3 nitrogen and oxygen atoms in total. The standard InChI is InChI=1S/C14H22N2O/c1-11-8-16(10-14(2,3)17-11)9-12-4-6-13(15)7-5-12/h4-7,11H,8-10,15H2,1-3H3. The van der Waals surface area contributed by atoms with Crippen LogP contribution in [0.1, 0.15) is 26.3 Å². The first-order valence-electron chi connectivity index (χ1n) is 6.19. The maximum absolute atomic E-state index is 5.90. The number of nitrogen functional groups attached to an aromatic ring is 1. The van der Waals surface area contributed by atoms with Crippen LogP contribution in [0.3, 0.4) is 0 Å². The average molecular weight is 234 g/mol. The van der Waals surface area contributed by atoms with Crippen LogP contribution in [0.4, 0.5) is 5.69 Å². The van der Waals surface area contributed by atoms with E-state index < -0.39 is 0 Å². The Morgan fingerprint density at radius 3 is 2.59 bits per heavy atom. The van der Waals surface area contributed by atoms with Crippen molar-refractivity contribution in [3.05, 3.63) is 29.8 Å². The van der Waals surface area contributed by atoms with Crippen molar-refractivity contribution in [2.75, 3.05) is 18.8 Å². The highest BCUT2D eigenvalue weighted by Crippen LogP contribution is 2.22. The lowest BCUT2D eigenvalue weighted by molar-refractivity contribution is -0.130. The van der Waals surface area contributed by atoms with E-state index in [1.165, 1.54) is 5.56 Å². The van der Waals surface area contributed by atoms with E-state index >= 15 is 0 Å². The summed E-state index contributed by atoms with van der Waals surface area (Å²) in [6.45, 7) is 9.38. The summed E-state index contributed by atoms with van der Waals surface area (Å²) in [5.74, 6) is 0. The molecule has 1 aliphatic rings. The van der Waals surface area contributed by atoms with Gasteiger partial charge in [0, 0.05) is 25.3 Å². The molecule has 0 aliphatic carbocycles. The number of anilines is 1. The molecule has 1 fully saturated rings. The summed E-state index contributed by atoms with van der Waals surface area (Å²) in [6, 6.07) is 8.12. The number of morpholine rings is 1. The third-order valence-electron chi connectivity index (χ3n) is 3.03. The molecule has 1 unspecified atom stereocenters. The number of rotatable bonds is 2. The summed E-state index contributed by atoms with van der Waals surface area (Å²) in [6.07, 6.45) is 0.299. The van der Waals surface area contributed by atoms with Crippen molar-refractivity contribution in [1.29, 1.82) is 0 Å². The highest BCUT2D eigenvalue weighted by atomic mass is 16.5. The largest absolute Gasteiger partial charge is 0.399 e. The van der Waals surface area contributed by atoms with Gasteiger partial charge in [0.15, 0.2) is 0 Å². The molecule has 0 radical (unpaired) electrons. The molecule has 0 bridgehead atoms. The molecule has 1 aromatic carbocycles. The third kappa shape index (κ3) is 3.45. The lowest BCUT2D eigenvalue weighted by atomic mass is 10.0. The number of ether oxygens (including phenoxy) is 1. The van der Waals surface area contributed by atoms with Crippen LogP contribution in [0.15, 0.2) is 24.3 Å². The molecule has 1 saturated heterocycles. The van der Waals surface area contributed by atoms with Crippen molar-refractivity contribution in [3.63, 3.8) is 0 Å². The Morgan fingerprint density at radius 1 is 1.35 bits per heavy atom. The van der Waals surface area contributed by atoms with Gasteiger partial charge in [-0.2, -0.15) is 0 Å². The second-order valence-corrected chi connectivity index (χ2v) is 5.60. The Morgan fingerprint density at radius 2 is 2.00 bits per heavy atom. The zero-order valence-corrected chi connectivity index (χ0v) is 10.9. The number of nitrogens with zero attached hydrogens (tertiary/aromatic N) is 1. The maximum atomic E-state index is 5.90. The van der Waals surface area contributed by atoms with Gasteiger partial charge in [-0.1, -0.05) is 12.1 Å². The van der Waals surface area contributed by atoms with Crippen LogP contribution in [-0.2, 0) is 11.3 Å². The molecule has 0 aromatic heterocycles. The SMILES string of the molecule is CC1CN(Cc2ccc(N)cc2)CC(C)(C)O1. The lowest BCUT2D eigenvalue weighted by Gasteiger charge is -2.41. The van der Waals surface area contributed by atoms with Crippen LogP contribution >= 0.6 is 0 Å². The fourth-order valence-corrected chi connectivity index (χ4v) is 2.59. The molecule has 1 aliphatic heterocycles. The molecule has 2 rings (SSSR count). The minimum absolute atomic E-state index is 0.0501. The van der Waals surface area contributed by atoms with Crippen molar-refractivity contribution in [3.8, 4) is 0 Å². The second-order valence-electron chi connectivity index (χ2n) is 5.60. The fourth-order valence-electron chi connectivity index (χ4n) is 2.59. The average Bonchev–Trinajstić information content (AvgIpc) is 2.18. The van der Waals surface area contributed by atoms with Gasteiger partial charge >= 0.3 is 0 Å². The monoisotopic (exact) mass is 234 g/mol. The number of hydrogen-bond acceptors (Lipinski definition) is 3. The Balaban J connectivity index is 2.01. The molecule has 0 spiro atoms. The normalized spacial score (nSPS) is 24.8. The quantitative estimate of drug-likeness (QED) is 0.798. The summed E-state index contributed by atoms with van der Waals surface area (Å²) < 4.78 is 5.90. The molecular weight excluding hydrogens is 212 g/mol. The number of nitrogens with two attached hydrogens (primary N) is 1. The molecule has 1 atom stereocenters. The first-order valence-corrected chi connectivity index (χ1v) is 6.19. The topological polar surface area (TPSA) is 38.5 Å². The van der Waals surface area contributed by atoms with Gasteiger partial charge in [0.25, 0.3) is 0 Å². The maximum Gasteiger partial charge on any atom is 0.0757 e. The number of hydrogen-bond donors (Lipinski definition) is 1. The van der Waals surface area contributed by atoms with E-state index in [-0.39, 0.29) is 5.60 Å². The summed E-state index contributed by atoms with van der Waals surface area (Å²) in [5.41, 5.74) is 7.77. The highest BCUT2D eigenvalue weighted by Gasteiger charge is 2.30. The summed E-state index contributed by atoms with van der Waals surface area (Å²) in [5, 5.41) is 0. The van der Waals surface area contributed by atoms with E-state index in [4.69, 9.17) is 10.5 Å². The molecule has 17 heavy (non-hydrogen) atoms. The van der Waals surface area contributed by atoms with Crippen LogP contribution in [0.25, 0.3) is 0 Å². The van der Waals surface area contributed by atoms with Crippen LogP contribution in [0.5, 0.6) is 0 Å². The fraction of sp³-hybridized carbons (Fsp3) is 0.571.